The molecule has 4 rings (SSSR count). The van der Waals surface area contributed by atoms with Crippen LogP contribution < -0.4 is 10.2 Å². The summed E-state index contributed by atoms with van der Waals surface area (Å²) in [4.78, 5) is 40.5. The Morgan fingerprint density at radius 2 is 1.77 bits per heavy atom. The number of nitro benzene ring substituents is 1. The van der Waals surface area contributed by atoms with Crippen molar-refractivity contribution in [3.63, 3.8) is 0 Å². The summed E-state index contributed by atoms with van der Waals surface area (Å²) in [5.41, 5.74) is 0.438. The molecule has 160 valence electrons. The first-order chi connectivity index (χ1) is 14.1. The normalized spacial score (nSPS) is 27.3. The smallest absolute Gasteiger partial charge is 0.294 e. The Morgan fingerprint density at radius 1 is 1.17 bits per heavy atom. The number of rotatable bonds is 7. The highest BCUT2D eigenvalue weighted by Gasteiger charge is 2.59. The minimum absolute atomic E-state index is 0.0966. The average Bonchev–Trinajstić information content (AvgIpc) is 3.33. The Labute approximate surface area is 176 Å². The molecule has 0 radical (unpaired) electrons. The molecule has 1 saturated carbocycles. The first-order valence-electron chi connectivity index (χ1n) is 10.3. The summed E-state index contributed by atoms with van der Waals surface area (Å²) in [6.45, 7) is 5.54. The maximum absolute atomic E-state index is 13.0. The van der Waals surface area contributed by atoms with Gasteiger partial charge in [0.1, 0.15) is 5.69 Å². The number of fused-ring (bicyclic) bond motifs is 5. The van der Waals surface area contributed by atoms with Crippen LogP contribution in [-0.2, 0) is 9.59 Å². The van der Waals surface area contributed by atoms with Crippen LogP contribution in [0, 0.1) is 39.2 Å². The van der Waals surface area contributed by atoms with Gasteiger partial charge in [-0.2, -0.15) is 0 Å². The molecule has 1 N–H and O–H groups in total. The number of imide groups is 1. The SMILES string of the molecule is CN(C)CC(C)(C)CNc1ccc(N2C(=O)C3C4C=CC(C4)C3C2=O)cc1[N+](=O)[O-]. The Kier molecular flexibility index (Phi) is 4.92. The van der Waals surface area contributed by atoms with Gasteiger partial charge in [-0.1, -0.05) is 26.0 Å². The second kappa shape index (κ2) is 7.19. The maximum Gasteiger partial charge on any atom is 0.294 e. The van der Waals surface area contributed by atoms with Gasteiger partial charge in [0.15, 0.2) is 0 Å². The van der Waals surface area contributed by atoms with E-state index in [1.807, 2.05) is 26.2 Å². The number of nitrogens with zero attached hydrogens (tertiary/aromatic N) is 3. The van der Waals surface area contributed by atoms with E-state index in [0.29, 0.717) is 12.2 Å². The molecule has 2 amide bonds. The van der Waals surface area contributed by atoms with Crippen LogP contribution in [0.4, 0.5) is 17.1 Å². The van der Waals surface area contributed by atoms with E-state index in [1.165, 1.54) is 6.07 Å². The topological polar surface area (TPSA) is 95.8 Å². The van der Waals surface area contributed by atoms with E-state index < -0.39 is 4.92 Å². The third kappa shape index (κ3) is 3.39. The van der Waals surface area contributed by atoms with Gasteiger partial charge in [0, 0.05) is 19.2 Å². The highest BCUT2D eigenvalue weighted by Crippen LogP contribution is 2.53. The molecule has 1 heterocycles. The number of amides is 2. The molecule has 0 spiro atoms. The molecule has 1 aromatic rings. The van der Waals surface area contributed by atoms with Crippen LogP contribution in [-0.4, -0.2) is 48.8 Å². The van der Waals surface area contributed by atoms with Crippen LogP contribution >= 0.6 is 0 Å². The zero-order valence-corrected chi connectivity index (χ0v) is 17.8. The van der Waals surface area contributed by atoms with Crippen molar-refractivity contribution in [1.82, 2.24) is 4.90 Å². The summed E-state index contributed by atoms with van der Waals surface area (Å²) in [5, 5.41) is 14.9. The molecule has 30 heavy (non-hydrogen) atoms. The van der Waals surface area contributed by atoms with Crippen LogP contribution in [0.5, 0.6) is 0 Å². The Bertz CT molecular complexity index is 909. The fourth-order valence-corrected chi connectivity index (χ4v) is 5.36. The second-order valence-corrected chi connectivity index (χ2v) is 9.73. The number of anilines is 2. The summed E-state index contributed by atoms with van der Waals surface area (Å²) in [6, 6.07) is 4.56. The molecule has 2 fully saturated rings. The fraction of sp³-hybridized carbons (Fsp3) is 0.545. The van der Waals surface area contributed by atoms with Crippen molar-refractivity contribution in [3.05, 3.63) is 40.5 Å². The summed E-state index contributed by atoms with van der Waals surface area (Å²) in [7, 11) is 3.97. The largest absolute Gasteiger partial charge is 0.379 e. The van der Waals surface area contributed by atoms with Gasteiger partial charge in [-0.3, -0.25) is 19.7 Å². The van der Waals surface area contributed by atoms with Crippen LogP contribution in [0.2, 0.25) is 0 Å². The molecule has 8 heteroatoms. The van der Waals surface area contributed by atoms with Crippen molar-refractivity contribution in [3.8, 4) is 0 Å². The fourth-order valence-electron chi connectivity index (χ4n) is 5.36. The van der Waals surface area contributed by atoms with E-state index in [1.54, 1.807) is 12.1 Å². The van der Waals surface area contributed by atoms with Crippen molar-refractivity contribution in [2.45, 2.75) is 20.3 Å². The number of hydrogen-bond acceptors (Lipinski definition) is 6. The molecule has 1 aliphatic heterocycles. The predicted molar refractivity (Wildman–Crippen MR) is 114 cm³/mol. The van der Waals surface area contributed by atoms with Crippen molar-refractivity contribution in [1.29, 1.82) is 0 Å². The number of carbonyl (C=O) groups excluding carboxylic acids is 2. The highest BCUT2D eigenvalue weighted by molar-refractivity contribution is 6.23. The molecular weight excluding hydrogens is 384 g/mol. The van der Waals surface area contributed by atoms with E-state index in [0.717, 1.165) is 17.9 Å². The van der Waals surface area contributed by atoms with E-state index in [-0.39, 0.29) is 52.3 Å². The number of allylic oxidation sites excluding steroid dienone is 2. The molecule has 0 aromatic heterocycles. The molecule has 3 aliphatic rings. The Morgan fingerprint density at radius 3 is 2.30 bits per heavy atom. The van der Waals surface area contributed by atoms with Gasteiger partial charge < -0.3 is 10.2 Å². The molecule has 1 aromatic carbocycles. The average molecular weight is 412 g/mol. The summed E-state index contributed by atoms with van der Waals surface area (Å²) in [6.07, 6.45) is 4.92. The van der Waals surface area contributed by atoms with E-state index >= 15 is 0 Å². The lowest BCUT2D eigenvalue weighted by Gasteiger charge is -2.29. The minimum atomic E-state index is -0.470. The lowest BCUT2D eigenvalue weighted by Crippen LogP contribution is -2.34. The van der Waals surface area contributed by atoms with Gasteiger partial charge >= 0.3 is 0 Å². The number of nitro groups is 1. The molecule has 2 bridgehead atoms. The van der Waals surface area contributed by atoms with Crippen LogP contribution in [0.25, 0.3) is 0 Å². The van der Waals surface area contributed by atoms with Gasteiger partial charge in [0.25, 0.3) is 5.69 Å². The van der Waals surface area contributed by atoms with E-state index in [2.05, 4.69) is 24.1 Å². The molecular formula is C22H28N4O4. The first-order valence-corrected chi connectivity index (χ1v) is 10.3. The standard InChI is InChI=1S/C22H28N4O4/c1-22(2,12-24(3)4)11-23-16-8-7-15(10-17(16)26(29)30)25-20(27)18-13-5-6-14(9-13)19(18)21(25)28/h5-8,10,13-14,18-19,23H,9,11-12H2,1-4H3. The number of hydrogen-bond donors (Lipinski definition) is 1. The van der Waals surface area contributed by atoms with E-state index in [4.69, 9.17) is 0 Å². The van der Waals surface area contributed by atoms with Crippen molar-refractivity contribution >= 4 is 28.9 Å². The zero-order chi connectivity index (χ0) is 21.8. The van der Waals surface area contributed by atoms with Gasteiger partial charge in [0.2, 0.25) is 11.8 Å². The molecule has 2 aliphatic carbocycles. The summed E-state index contributed by atoms with van der Waals surface area (Å²) < 4.78 is 0. The predicted octanol–water partition coefficient (Wildman–Crippen LogP) is 2.91. The van der Waals surface area contributed by atoms with Gasteiger partial charge in [-0.15, -0.1) is 0 Å². The van der Waals surface area contributed by atoms with Crippen LogP contribution in [0.3, 0.4) is 0 Å². The monoisotopic (exact) mass is 412 g/mol. The lowest BCUT2D eigenvalue weighted by atomic mass is 9.85. The highest BCUT2D eigenvalue weighted by atomic mass is 16.6. The first kappa shape index (κ1) is 20.5. The van der Waals surface area contributed by atoms with Crippen molar-refractivity contribution in [2.75, 3.05) is 37.4 Å². The summed E-state index contributed by atoms with van der Waals surface area (Å²) in [5.74, 6) is -0.895. The number of benzene rings is 1. The van der Waals surface area contributed by atoms with Gasteiger partial charge in [-0.25, -0.2) is 4.90 Å². The van der Waals surface area contributed by atoms with Crippen molar-refractivity contribution < 1.29 is 14.5 Å². The number of carbonyl (C=O) groups is 2. The molecule has 8 nitrogen and oxygen atoms in total. The van der Waals surface area contributed by atoms with Gasteiger partial charge in [-0.05, 0) is 49.9 Å². The minimum Gasteiger partial charge on any atom is -0.379 e. The molecule has 4 unspecified atom stereocenters. The zero-order valence-electron chi connectivity index (χ0n) is 17.8. The van der Waals surface area contributed by atoms with Crippen LogP contribution in [0.15, 0.2) is 30.4 Å². The molecule has 4 atom stereocenters. The number of nitrogens with one attached hydrogen (secondary N) is 1. The van der Waals surface area contributed by atoms with Gasteiger partial charge in [0.05, 0.1) is 22.4 Å². The van der Waals surface area contributed by atoms with Crippen LogP contribution in [0.1, 0.15) is 20.3 Å². The Balaban J connectivity index is 1.58. The summed E-state index contributed by atoms with van der Waals surface area (Å²) >= 11 is 0. The lowest BCUT2D eigenvalue weighted by molar-refractivity contribution is -0.383. The quantitative estimate of drug-likeness (QED) is 0.320. The maximum atomic E-state index is 13.0. The molecule has 1 saturated heterocycles. The third-order valence-electron chi connectivity index (χ3n) is 6.41. The second-order valence-electron chi connectivity index (χ2n) is 9.73. The van der Waals surface area contributed by atoms with E-state index in [9.17, 15) is 19.7 Å². The third-order valence-corrected chi connectivity index (χ3v) is 6.41. The van der Waals surface area contributed by atoms with Crippen molar-refractivity contribution in [2.24, 2.45) is 29.1 Å². The Hall–Kier alpha value is -2.74.